The van der Waals surface area contributed by atoms with E-state index in [1.165, 1.54) is 11.8 Å². The van der Waals surface area contributed by atoms with Gasteiger partial charge in [0.25, 0.3) is 0 Å². The van der Waals surface area contributed by atoms with Gasteiger partial charge in [-0.2, -0.15) is 0 Å². The Labute approximate surface area is 113 Å². The molecule has 1 aliphatic heterocycles. The maximum atomic E-state index is 12.0. The Morgan fingerprint density at radius 2 is 2.05 bits per heavy atom. The lowest BCUT2D eigenvalue weighted by atomic mass is 9.98. The molecule has 1 rings (SSSR count). The van der Waals surface area contributed by atoms with E-state index in [9.17, 15) is 14.4 Å². The highest BCUT2D eigenvalue weighted by atomic mass is 16.5. The van der Waals surface area contributed by atoms with Crippen molar-refractivity contribution in [2.45, 2.75) is 26.7 Å². The standard InChI is InChI=1S/C13H22N2O4/c1-4-19-13(18)11-6-5-7-15(8-11)12(17)9-14(3)10(2)16/h11H,4-9H2,1-3H3/t11-/m1/s1. The average Bonchev–Trinajstić information content (AvgIpc) is 2.39. The van der Waals surface area contributed by atoms with Gasteiger partial charge in [-0.3, -0.25) is 14.4 Å². The van der Waals surface area contributed by atoms with Crippen LogP contribution in [-0.2, 0) is 19.1 Å². The number of carbonyl (C=O) groups excluding carboxylic acids is 3. The van der Waals surface area contributed by atoms with Gasteiger partial charge in [0.05, 0.1) is 19.1 Å². The Kier molecular flexibility index (Phi) is 5.79. The number of hydrogen-bond acceptors (Lipinski definition) is 4. The van der Waals surface area contributed by atoms with Crippen molar-refractivity contribution in [3.63, 3.8) is 0 Å². The van der Waals surface area contributed by atoms with Crippen molar-refractivity contribution in [2.24, 2.45) is 5.92 Å². The molecule has 108 valence electrons. The number of likely N-dealkylation sites (N-methyl/N-ethyl adjacent to an activating group) is 1. The summed E-state index contributed by atoms with van der Waals surface area (Å²) in [6, 6.07) is 0. The zero-order chi connectivity index (χ0) is 14.4. The Morgan fingerprint density at radius 3 is 2.63 bits per heavy atom. The first-order valence-corrected chi connectivity index (χ1v) is 6.61. The summed E-state index contributed by atoms with van der Waals surface area (Å²) in [6.45, 7) is 4.64. The van der Waals surface area contributed by atoms with Crippen molar-refractivity contribution in [3.8, 4) is 0 Å². The molecular weight excluding hydrogens is 248 g/mol. The third-order valence-corrected chi connectivity index (χ3v) is 3.30. The largest absolute Gasteiger partial charge is 0.466 e. The van der Waals surface area contributed by atoms with Crippen LogP contribution >= 0.6 is 0 Å². The highest BCUT2D eigenvalue weighted by molar-refractivity contribution is 5.84. The highest BCUT2D eigenvalue weighted by Gasteiger charge is 2.29. The van der Waals surface area contributed by atoms with Crippen LogP contribution in [0.25, 0.3) is 0 Å². The monoisotopic (exact) mass is 270 g/mol. The topological polar surface area (TPSA) is 66.9 Å². The minimum absolute atomic E-state index is 0.0604. The van der Waals surface area contributed by atoms with E-state index in [1.807, 2.05) is 0 Å². The quantitative estimate of drug-likeness (QED) is 0.688. The lowest BCUT2D eigenvalue weighted by molar-refractivity contribution is -0.152. The first-order valence-electron chi connectivity index (χ1n) is 6.61. The third-order valence-electron chi connectivity index (χ3n) is 3.30. The number of amides is 2. The van der Waals surface area contributed by atoms with Crippen LogP contribution in [0.1, 0.15) is 26.7 Å². The Bertz CT molecular complexity index is 357. The molecule has 0 aromatic heterocycles. The Morgan fingerprint density at radius 1 is 1.37 bits per heavy atom. The minimum Gasteiger partial charge on any atom is -0.466 e. The minimum atomic E-state index is -0.236. The van der Waals surface area contributed by atoms with Gasteiger partial charge in [-0.1, -0.05) is 0 Å². The molecule has 1 fully saturated rings. The van der Waals surface area contributed by atoms with Crippen molar-refractivity contribution >= 4 is 17.8 Å². The summed E-state index contributed by atoms with van der Waals surface area (Å²) in [5.74, 6) is -0.737. The molecule has 6 heteroatoms. The first-order chi connectivity index (χ1) is 8.95. The molecule has 0 bridgehead atoms. The van der Waals surface area contributed by atoms with Crippen molar-refractivity contribution in [3.05, 3.63) is 0 Å². The average molecular weight is 270 g/mol. The van der Waals surface area contributed by atoms with Crippen LogP contribution in [0.2, 0.25) is 0 Å². The summed E-state index contributed by atoms with van der Waals surface area (Å²) in [7, 11) is 1.59. The van der Waals surface area contributed by atoms with Gasteiger partial charge in [-0.05, 0) is 19.8 Å². The molecule has 0 aromatic carbocycles. The zero-order valence-corrected chi connectivity index (χ0v) is 11.8. The molecule has 0 radical (unpaired) electrons. The maximum absolute atomic E-state index is 12.0. The van der Waals surface area contributed by atoms with Crippen LogP contribution in [0.15, 0.2) is 0 Å². The van der Waals surface area contributed by atoms with Gasteiger partial charge in [-0.15, -0.1) is 0 Å². The molecule has 0 aromatic rings. The number of hydrogen-bond donors (Lipinski definition) is 0. The molecule has 0 saturated carbocycles. The highest BCUT2D eigenvalue weighted by Crippen LogP contribution is 2.18. The maximum Gasteiger partial charge on any atom is 0.310 e. The van der Waals surface area contributed by atoms with Gasteiger partial charge < -0.3 is 14.5 Å². The molecule has 0 spiro atoms. The van der Waals surface area contributed by atoms with Crippen LogP contribution in [0.5, 0.6) is 0 Å². The number of rotatable bonds is 4. The molecule has 0 aliphatic carbocycles. The summed E-state index contributed by atoms with van der Waals surface area (Å²) in [5, 5.41) is 0. The van der Waals surface area contributed by atoms with Gasteiger partial charge in [-0.25, -0.2) is 0 Å². The molecule has 6 nitrogen and oxygen atoms in total. The molecule has 1 atom stereocenters. The second-order valence-electron chi connectivity index (χ2n) is 4.81. The van der Waals surface area contributed by atoms with Gasteiger partial charge in [0.15, 0.2) is 0 Å². The number of carbonyl (C=O) groups is 3. The lowest BCUT2D eigenvalue weighted by Crippen LogP contribution is -2.46. The van der Waals surface area contributed by atoms with Gasteiger partial charge in [0.1, 0.15) is 0 Å². The molecule has 1 saturated heterocycles. The summed E-state index contributed by atoms with van der Waals surface area (Å²) in [4.78, 5) is 37.8. The number of piperidine rings is 1. The predicted octanol–water partition coefficient (Wildman–Crippen LogP) is 0.266. The van der Waals surface area contributed by atoms with E-state index in [2.05, 4.69) is 0 Å². The Hall–Kier alpha value is -1.59. The van der Waals surface area contributed by atoms with E-state index in [0.717, 1.165) is 12.8 Å². The summed E-state index contributed by atoms with van der Waals surface area (Å²) in [6.07, 6.45) is 1.55. The van der Waals surface area contributed by atoms with E-state index >= 15 is 0 Å². The van der Waals surface area contributed by atoms with Crippen LogP contribution < -0.4 is 0 Å². The second-order valence-corrected chi connectivity index (χ2v) is 4.81. The van der Waals surface area contributed by atoms with Crippen LogP contribution in [0, 0.1) is 5.92 Å². The number of ether oxygens (including phenoxy) is 1. The second kappa shape index (κ2) is 7.11. The fraction of sp³-hybridized carbons (Fsp3) is 0.769. The third kappa shape index (κ3) is 4.54. The van der Waals surface area contributed by atoms with Gasteiger partial charge in [0, 0.05) is 27.1 Å². The van der Waals surface area contributed by atoms with E-state index < -0.39 is 0 Å². The van der Waals surface area contributed by atoms with E-state index in [-0.39, 0.29) is 30.2 Å². The molecule has 1 heterocycles. The van der Waals surface area contributed by atoms with E-state index in [4.69, 9.17) is 4.74 Å². The SMILES string of the molecule is CCOC(=O)[C@@H]1CCCN(C(=O)CN(C)C(C)=O)C1. The summed E-state index contributed by atoms with van der Waals surface area (Å²) >= 11 is 0. The fourth-order valence-electron chi connectivity index (χ4n) is 2.07. The molecule has 0 N–H and O–H groups in total. The van der Waals surface area contributed by atoms with Crippen LogP contribution in [0.4, 0.5) is 0 Å². The van der Waals surface area contributed by atoms with Crippen LogP contribution in [0.3, 0.4) is 0 Å². The number of nitrogens with zero attached hydrogens (tertiary/aromatic N) is 2. The first kappa shape index (κ1) is 15.5. The number of esters is 1. The van der Waals surface area contributed by atoms with Gasteiger partial charge >= 0.3 is 5.97 Å². The zero-order valence-electron chi connectivity index (χ0n) is 11.8. The van der Waals surface area contributed by atoms with Crippen molar-refractivity contribution in [2.75, 3.05) is 33.3 Å². The van der Waals surface area contributed by atoms with Crippen LogP contribution in [-0.4, -0.2) is 60.9 Å². The molecule has 2 amide bonds. The predicted molar refractivity (Wildman–Crippen MR) is 69.2 cm³/mol. The summed E-state index contributed by atoms with van der Waals surface area (Å²) in [5.41, 5.74) is 0. The normalized spacial score (nSPS) is 18.9. The van der Waals surface area contributed by atoms with E-state index in [0.29, 0.717) is 19.7 Å². The Balaban J connectivity index is 2.52. The molecule has 0 unspecified atom stereocenters. The van der Waals surface area contributed by atoms with Crippen molar-refractivity contribution in [1.82, 2.24) is 9.80 Å². The molecule has 1 aliphatic rings. The van der Waals surface area contributed by atoms with Crippen molar-refractivity contribution < 1.29 is 19.1 Å². The fourth-order valence-corrected chi connectivity index (χ4v) is 2.07. The number of likely N-dealkylation sites (tertiary alicyclic amines) is 1. The smallest absolute Gasteiger partial charge is 0.310 e. The van der Waals surface area contributed by atoms with Crippen molar-refractivity contribution in [1.29, 1.82) is 0 Å². The van der Waals surface area contributed by atoms with E-state index in [1.54, 1.807) is 18.9 Å². The lowest BCUT2D eigenvalue weighted by Gasteiger charge is -2.32. The molecule has 19 heavy (non-hydrogen) atoms. The summed E-state index contributed by atoms with van der Waals surface area (Å²) < 4.78 is 4.99. The molecular formula is C13H22N2O4. The van der Waals surface area contributed by atoms with Gasteiger partial charge in [0.2, 0.25) is 11.8 Å².